The first kappa shape index (κ1) is 17.9. The summed E-state index contributed by atoms with van der Waals surface area (Å²) in [6, 6.07) is 2.13. The van der Waals surface area contributed by atoms with Crippen LogP contribution < -0.4 is 10.2 Å². The zero-order valence-electron chi connectivity index (χ0n) is 14.6. The summed E-state index contributed by atoms with van der Waals surface area (Å²) in [5.41, 5.74) is 2.71. The van der Waals surface area contributed by atoms with E-state index in [0.717, 1.165) is 26.2 Å². The molecule has 0 saturated carbocycles. The smallest absolute Gasteiger partial charge is 0.0598 e. The summed E-state index contributed by atoms with van der Waals surface area (Å²) >= 11 is 0. The van der Waals surface area contributed by atoms with Crippen LogP contribution in [0.1, 0.15) is 39.7 Å². The highest BCUT2D eigenvalue weighted by atomic mass is 15.1. The zero-order chi connectivity index (χ0) is 15.9. The molecule has 4 heteroatoms. The maximum Gasteiger partial charge on any atom is 0.0598 e. The van der Waals surface area contributed by atoms with E-state index in [2.05, 4.69) is 68.0 Å². The summed E-state index contributed by atoms with van der Waals surface area (Å²) < 4.78 is 0. The lowest BCUT2D eigenvalue weighted by molar-refractivity contribution is 0.400. The van der Waals surface area contributed by atoms with E-state index in [4.69, 9.17) is 0 Å². The second-order valence-electron chi connectivity index (χ2n) is 6.84. The third-order valence-corrected chi connectivity index (χ3v) is 3.45. The van der Waals surface area contributed by atoms with E-state index in [0.29, 0.717) is 0 Å². The van der Waals surface area contributed by atoms with Gasteiger partial charge in [0.25, 0.3) is 0 Å². The molecule has 0 saturated heterocycles. The van der Waals surface area contributed by atoms with Gasteiger partial charge in [0.15, 0.2) is 0 Å². The third-order valence-electron chi connectivity index (χ3n) is 3.45. The Kier molecular flexibility index (Phi) is 7.12. The van der Waals surface area contributed by atoms with Crippen LogP contribution in [-0.4, -0.2) is 49.2 Å². The highest BCUT2D eigenvalue weighted by Crippen LogP contribution is 2.20. The largest absolute Gasteiger partial charge is 0.370 e. The van der Waals surface area contributed by atoms with Crippen molar-refractivity contribution in [3.05, 3.63) is 24.0 Å². The molecular formula is C17H32N4. The van der Waals surface area contributed by atoms with Gasteiger partial charge in [0.2, 0.25) is 0 Å². The molecule has 1 rings (SSSR count). The first-order chi connectivity index (χ1) is 9.83. The van der Waals surface area contributed by atoms with E-state index in [1.54, 1.807) is 0 Å². The summed E-state index contributed by atoms with van der Waals surface area (Å²) in [4.78, 5) is 8.98. The molecule has 0 unspecified atom stereocenters. The predicted molar refractivity (Wildman–Crippen MR) is 91.9 cm³/mol. The van der Waals surface area contributed by atoms with Crippen LogP contribution in [0, 0.1) is 0 Å². The Bertz CT molecular complexity index is 409. The van der Waals surface area contributed by atoms with Gasteiger partial charge in [-0.05, 0) is 66.4 Å². The van der Waals surface area contributed by atoms with Crippen LogP contribution in [0.2, 0.25) is 0 Å². The van der Waals surface area contributed by atoms with E-state index in [-0.39, 0.29) is 5.54 Å². The SMILES string of the molecule is CCN(CCCN(C)C)c1cnccc1CNC(C)(C)C. The van der Waals surface area contributed by atoms with Crippen molar-refractivity contribution in [2.75, 3.05) is 38.6 Å². The van der Waals surface area contributed by atoms with Gasteiger partial charge in [-0.15, -0.1) is 0 Å². The van der Waals surface area contributed by atoms with Crippen LogP contribution >= 0.6 is 0 Å². The fourth-order valence-electron chi connectivity index (χ4n) is 2.24. The monoisotopic (exact) mass is 292 g/mol. The Morgan fingerprint density at radius 1 is 1.19 bits per heavy atom. The van der Waals surface area contributed by atoms with Crippen molar-refractivity contribution < 1.29 is 0 Å². The molecule has 1 N–H and O–H groups in total. The van der Waals surface area contributed by atoms with Crippen molar-refractivity contribution in [3.63, 3.8) is 0 Å². The highest BCUT2D eigenvalue weighted by Gasteiger charge is 2.13. The van der Waals surface area contributed by atoms with Crippen molar-refractivity contribution in [3.8, 4) is 0 Å². The Morgan fingerprint density at radius 3 is 2.48 bits per heavy atom. The van der Waals surface area contributed by atoms with Crippen molar-refractivity contribution in [2.45, 2.75) is 46.2 Å². The number of rotatable bonds is 8. The minimum Gasteiger partial charge on any atom is -0.370 e. The van der Waals surface area contributed by atoms with Crippen molar-refractivity contribution in [1.29, 1.82) is 0 Å². The normalized spacial score (nSPS) is 12.0. The molecule has 0 amide bonds. The summed E-state index contributed by atoms with van der Waals surface area (Å²) in [6.45, 7) is 12.9. The number of hydrogen-bond acceptors (Lipinski definition) is 4. The topological polar surface area (TPSA) is 31.4 Å². The van der Waals surface area contributed by atoms with Gasteiger partial charge in [0.1, 0.15) is 0 Å². The molecule has 0 radical (unpaired) electrons. The number of anilines is 1. The maximum atomic E-state index is 4.32. The van der Waals surface area contributed by atoms with Crippen LogP contribution in [0.15, 0.2) is 18.5 Å². The van der Waals surface area contributed by atoms with E-state index in [9.17, 15) is 0 Å². The zero-order valence-corrected chi connectivity index (χ0v) is 14.6. The molecule has 1 heterocycles. The maximum absolute atomic E-state index is 4.32. The van der Waals surface area contributed by atoms with Gasteiger partial charge >= 0.3 is 0 Å². The molecule has 1 aromatic rings. The number of aromatic nitrogens is 1. The van der Waals surface area contributed by atoms with Gasteiger partial charge < -0.3 is 15.1 Å². The summed E-state index contributed by atoms with van der Waals surface area (Å²) in [6.07, 6.45) is 5.05. The molecule has 0 atom stereocenters. The van der Waals surface area contributed by atoms with Crippen LogP contribution in [0.4, 0.5) is 5.69 Å². The molecule has 1 aromatic heterocycles. The van der Waals surface area contributed by atoms with Crippen LogP contribution in [0.5, 0.6) is 0 Å². The Hall–Kier alpha value is -1.13. The van der Waals surface area contributed by atoms with Crippen molar-refractivity contribution in [1.82, 2.24) is 15.2 Å². The highest BCUT2D eigenvalue weighted by molar-refractivity contribution is 5.51. The van der Waals surface area contributed by atoms with Crippen molar-refractivity contribution >= 4 is 5.69 Å². The molecule has 120 valence electrons. The summed E-state index contributed by atoms with van der Waals surface area (Å²) in [5.74, 6) is 0. The quantitative estimate of drug-likeness (QED) is 0.798. The Labute approximate surface area is 130 Å². The second kappa shape index (κ2) is 8.35. The van der Waals surface area contributed by atoms with E-state index in [1.807, 2.05) is 12.4 Å². The number of nitrogens with one attached hydrogen (secondary N) is 1. The van der Waals surface area contributed by atoms with E-state index < -0.39 is 0 Å². The minimum absolute atomic E-state index is 0.127. The number of hydrogen-bond donors (Lipinski definition) is 1. The Morgan fingerprint density at radius 2 is 1.90 bits per heavy atom. The lowest BCUT2D eigenvalue weighted by Gasteiger charge is -2.27. The molecule has 0 fully saturated rings. The first-order valence-electron chi connectivity index (χ1n) is 7.91. The van der Waals surface area contributed by atoms with Gasteiger partial charge in [-0.25, -0.2) is 0 Å². The third kappa shape index (κ3) is 6.91. The van der Waals surface area contributed by atoms with Gasteiger partial charge in [0.05, 0.1) is 11.9 Å². The first-order valence-corrected chi connectivity index (χ1v) is 7.91. The van der Waals surface area contributed by atoms with Gasteiger partial charge in [0, 0.05) is 31.4 Å². The van der Waals surface area contributed by atoms with Crippen LogP contribution in [0.3, 0.4) is 0 Å². The lowest BCUT2D eigenvalue weighted by atomic mass is 10.1. The molecule has 0 aliphatic carbocycles. The lowest BCUT2D eigenvalue weighted by Crippen LogP contribution is -2.36. The number of pyridine rings is 1. The molecule has 0 aliphatic rings. The summed E-state index contributed by atoms with van der Waals surface area (Å²) in [7, 11) is 4.25. The molecule has 0 bridgehead atoms. The van der Waals surface area contributed by atoms with Gasteiger partial charge in [-0.3, -0.25) is 4.98 Å². The molecule has 4 nitrogen and oxygen atoms in total. The second-order valence-corrected chi connectivity index (χ2v) is 6.84. The average Bonchev–Trinajstić information content (AvgIpc) is 2.41. The predicted octanol–water partition coefficient (Wildman–Crippen LogP) is 2.75. The molecule has 0 aliphatic heterocycles. The standard InChI is InChI=1S/C17H32N4/c1-7-21(12-8-11-20(5)6)16-14-18-10-9-15(16)13-19-17(2,3)4/h9-10,14,19H,7-8,11-13H2,1-6H3. The minimum atomic E-state index is 0.127. The van der Waals surface area contributed by atoms with Gasteiger partial charge in [-0.1, -0.05) is 0 Å². The van der Waals surface area contributed by atoms with Crippen molar-refractivity contribution in [2.24, 2.45) is 0 Å². The summed E-state index contributed by atoms with van der Waals surface area (Å²) in [5, 5.41) is 3.57. The van der Waals surface area contributed by atoms with Gasteiger partial charge in [-0.2, -0.15) is 0 Å². The Balaban J connectivity index is 2.74. The average molecular weight is 292 g/mol. The molecule has 21 heavy (non-hydrogen) atoms. The van der Waals surface area contributed by atoms with Crippen LogP contribution in [0.25, 0.3) is 0 Å². The fraction of sp³-hybridized carbons (Fsp3) is 0.706. The molecular weight excluding hydrogens is 260 g/mol. The van der Waals surface area contributed by atoms with Crippen LogP contribution in [-0.2, 0) is 6.54 Å². The van der Waals surface area contributed by atoms with E-state index >= 15 is 0 Å². The molecule has 0 spiro atoms. The molecule has 0 aromatic carbocycles. The fourth-order valence-corrected chi connectivity index (χ4v) is 2.24. The van der Waals surface area contributed by atoms with E-state index in [1.165, 1.54) is 17.7 Å². The number of nitrogens with zero attached hydrogens (tertiary/aromatic N) is 3.